The quantitative estimate of drug-likeness (QED) is 0.471. The van der Waals surface area contributed by atoms with Gasteiger partial charge in [-0.15, -0.1) is 0 Å². The number of rotatable bonds is 2. The molecule has 0 atom stereocenters. The SMILES string of the molecule is CC.CC(C)(C)C.CCC.CCCC.CCCC. The second-order valence-corrected chi connectivity index (χ2v) is 5.71. The third-order valence-electron chi connectivity index (χ3n) is 1.000. The summed E-state index contributed by atoms with van der Waals surface area (Å²) in [6, 6.07) is 0. The van der Waals surface area contributed by atoms with E-state index in [9.17, 15) is 0 Å². The molecule has 0 aliphatic carbocycles. The molecule has 0 rings (SSSR count). The van der Waals surface area contributed by atoms with Crippen LogP contribution in [0.25, 0.3) is 0 Å². The maximum Gasteiger partial charge on any atom is -0.0411 e. The van der Waals surface area contributed by atoms with Crippen molar-refractivity contribution in [2.75, 3.05) is 0 Å². The van der Waals surface area contributed by atoms with Crippen molar-refractivity contribution in [1.29, 1.82) is 0 Å². The van der Waals surface area contributed by atoms with Crippen LogP contribution in [0.5, 0.6) is 0 Å². The predicted molar refractivity (Wildman–Crippen MR) is 93.6 cm³/mol. The largest absolute Gasteiger partial charge is 0.0683 e. The lowest BCUT2D eigenvalue weighted by Gasteiger charge is -2.05. The highest BCUT2D eigenvalue weighted by Gasteiger charge is 1.95. The maximum atomic E-state index is 2.19. The topological polar surface area (TPSA) is 0 Å². The molecule has 0 aromatic heterocycles. The fourth-order valence-corrected chi connectivity index (χ4v) is 0. The monoisotopic (exact) mass is 262 g/mol. The fourth-order valence-electron chi connectivity index (χ4n) is 0. The van der Waals surface area contributed by atoms with E-state index >= 15 is 0 Å². The first-order chi connectivity index (χ1) is 8.24. The van der Waals surface area contributed by atoms with Crippen LogP contribution >= 0.6 is 0 Å². The molecule has 0 aliphatic heterocycles. The average molecular weight is 263 g/mol. The minimum atomic E-state index is 0.500. The normalized spacial score (nSPS) is 8.00. The van der Waals surface area contributed by atoms with E-state index in [2.05, 4.69) is 69.2 Å². The Balaban J connectivity index is -0.0000000404. The molecule has 0 fully saturated rings. The summed E-state index contributed by atoms with van der Waals surface area (Å²) in [7, 11) is 0. The Labute approximate surface area is 121 Å². The lowest BCUT2D eigenvalue weighted by atomic mass is 10.0. The van der Waals surface area contributed by atoms with Gasteiger partial charge in [-0.2, -0.15) is 0 Å². The summed E-state index contributed by atoms with van der Waals surface area (Å²) in [5, 5.41) is 0. The van der Waals surface area contributed by atoms with Crippen molar-refractivity contribution in [3.05, 3.63) is 0 Å². The lowest BCUT2D eigenvalue weighted by Crippen LogP contribution is -1.93. The Morgan fingerprint density at radius 1 is 0.500 bits per heavy atom. The standard InChI is InChI=1S/C5H12.2C4H10.C3H8.C2H6/c1-5(2,3)4;2*1-3-4-2;1-3-2;1-2/h1-4H3;2*3-4H2,1-2H3;3H2,1-2H3;1-2H3. The second kappa shape index (κ2) is 36.0. The van der Waals surface area contributed by atoms with E-state index in [0.29, 0.717) is 5.41 Å². The smallest absolute Gasteiger partial charge is 0.0411 e. The fraction of sp³-hybridized carbons (Fsp3) is 1.00. The van der Waals surface area contributed by atoms with Crippen molar-refractivity contribution in [3.63, 3.8) is 0 Å². The van der Waals surface area contributed by atoms with Crippen LogP contribution in [-0.2, 0) is 0 Å². The number of hydrogen-bond donors (Lipinski definition) is 0. The van der Waals surface area contributed by atoms with E-state index in [1.54, 1.807) is 0 Å². The molecule has 118 valence electrons. The molecule has 18 heavy (non-hydrogen) atoms. The molecule has 0 saturated carbocycles. The van der Waals surface area contributed by atoms with Crippen LogP contribution in [0, 0.1) is 5.41 Å². The van der Waals surface area contributed by atoms with Gasteiger partial charge in [-0.1, -0.05) is 115 Å². The van der Waals surface area contributed by atoms with Crippen LogP contribution in [0.3, 0.4) is 0 Å². The Morgan fingerprint density at radius 3 is 0.556 bits per heavy atom. The summed E-state index contributed by atoms with van der Waals surface area (Å²) in [6.07, 6.45) is 6.53. The van der Waals surface area contributed by atoms with Gasteiger partial charge in [0.2, 0.25) is 0 Å². The predicted octanol–water partition coefficient (Wildman–Crippen LogP) is 8.11. The molecular weight excluding hydrogens is 216 g/mol. The first-order valence-corrected chi connectivity index (χ1v) is 8.24. The first-order valence-electron chi connectivity index (χ1n) is 8.24. The van der Waals surface area contributed by atoms with Gasteiger partial charge in [0.15, 0.2) is 0 Å². The molecule has 0 amide bonds. The van der Waals surface area contributed by atoms with E-state index in [-0.39, 0.29) is 0 Å². The molecule has 0 radical (unpaired) electrons. The minimum absolute atomic E-state index is 0.500. The van der Waals surface area contributed by atoms with Crippen molar-refractivity contribution < 1.29 is 0 Å². The van der Waals surface area contributed by atoms with Crippen molar-refractivity contribution in [2.24, 2.45) is 5.41 Å². The molecule has 0 heteroatoms. The maximum absolute atomic E-state index is 2.19. The van der Waals surface area contributed by atoms with Crippen molar-refractivity contribution >= 4 is 0 Å². The van der Waals surface area contributed by atoms with Crippen LogP contribution in [0.15, 0.2) is 0 Å². The van der Waals surface area contributed by atoms with Gasteiger partial charge in [0.1, 0.15) is 0 Å². The van der Waals surface area contributed by atoms with Crippen LogP contribution < -0.4 is 0 Å². The van der Waals surface area contributed by atoms with E-state index in [4.69, 9.17) is 0 Å². The number of hydrogen-bond acceptors (Lipinski definition) is 0. The van der Waals surface area contributed by atoms with Crippen LogP contribution in [-0.4, -0.2) is 0 Å². The molecule has 0 aliphatic rings. The highest BCUT2D eigenvalue weighted by Crippen LogP contribution is 2.08. The van der Waals surface area contributed by atoms with Gasteiger partial charge in [0.25, 0.3) is 0 Å². The molecule has 0 heterocycles. The number of unbranched alkanes of at least 4 members (excludes halogenated alkanes) is 2. The van der Waals surface area contributed by atoms with Gasteiger partial charge in [0, 0.05) is 0 Å². The Hall–Kier alpha value is 0. The van der Waals surface area contributed by atoms with Gasteiger partial charge >= 0.3 is 0 Å². The third-order valence-corrected chi connectivity index (χ3v) is 1.000. The van der Waals surface area contributed by atoms with E-state index in [1.807, 2.05) is 13.8 Å². The summed E-state index contributed by atoms with van der Waals surface area (Å²) in [4.78, 5) is 0. The Morgan fingerprint density at radius 2 is 0.556 bits per heavy atom. The van der Waals surface area contributed by atoms with Crippen LogP contribution in [0.1, 0.15) is 115 Å². The first kappa shape index (κ1) is 30.8. The zero-order chi connectivity index (χ0) is 16.0. The summed E-state index contributed by atoms with van der Waals surface area (Å²) in [6.45, 7) is 25.7. The van der Waals surface area contributed by atoms with Crippen molar-refractivity contribution in [2.45, 2.75) is 115 Å². The summed E-state index contributed by atoms with van der Waals surface area (Å²) >= 11 is 0. The second-order valence-electron chi connectivity index (χ2n) is 5.71. The average Bonchev–Trinajstić information content (AvgIpc) is 2.30. The van der Waals surface area contributed by atoms with Crippen molar-refractivity contribution in [1.82, 2.24) is 0 Å². The van der Waals surface area contributed by atoms with Crippen molar-refractivity contribution in [3.8, 4) is 0 Å². The van der Waals surface area contributed by atoms with Gasteiger partial charge in [-0.3, -0.25) is 0 Å². The minimum Gasteiger partial charge on any atom is -0.0683 e. The van der Waals surface area contributed by atoms with Gasteiger partial charge in [0.05, 0.1) is 0 Å². The molecule has 0 saturated heterocycles. The van der Waals surface area contributed by atoms with Crippen LogP contribution in [0.2, 0.25) is 0 Å². The van der Waals surface area contributed by atoms with Gasteiger partial charge < -0.3 is 0 Å². The molecule has 0 bridgehead atoms. The molecule has 0 nitrogen and oxygen atoms in total. The lowest BCUT2D eigenvalue weighted by molar-refractivity contribution is 0.469. The Bertz CT molecular complexity index is 52.6. The molecular formula is C18H46. The molecule has 0 N–H and O–H groups in total. The Kier molecular flexibility index (Phi) is 61.5. The van der Waals surface area contributed by atoms with Crippen LogP contribution in [0.4, 0.5) is 0 Å². The highest BCUT2D eigenvalue weighted by atomic mass is 14.0. The third kappa shape index (κ3) is 900. The van der Waals surface area contributed by atoms with E-state index < -0.39 is 0 Å². The highest BCUT2D eigenvalue weighted by molar-refractivity contribution is 4.47. The van der Waals surface area contributed by atoms with E-state index in [1.165, 1.54) is 32.1 Å². The molecule has 0 aromatic carbocycles. The summed E-state index contributed by atoms with van der Waals surface area (Å²) in [5.41, 5.74) is 0.500. The summed E-state index contributed by atoms with van der Waals surface area (Å²) in [5.74, 6) is 0. The molecule has 0 spiro atoms. The molecule has 0 aromatic rings. The van der Waals surface area contributed by atoms with Gasteiger partial charge in [-0.05, 0) is 5.41 Å². The summed E-state index contributed by atoms with van der Waals surface area (Å²) < 4.78 is 0. The van der Waals surface area contributed by atoms with E-state index in [0.717, 1.165) is 0 Å². The molecule has 0 unspecified atom stereocenters. The zero-order valence-electron chi connectivity index (χ0n) is 16.0. The van der Waals surface area contributed by atoms with Gasteiger partial charge in [-0.25, -0.2) is 0 Å². The zero-order valence-corrected chi connectivity index (χ0v) is 16.0.